The summed E-state index contributed by atoms with van der Waals surface area (Å²) < 4.78 is 22.8. The van der Waals surface area contributed by atoms with Gasteiger partial charge in [0.2, 0.25) is 0 Å². The minimum atomic E-state index is -1.37. The summed E-state index contributed by atoms with van der Waals surface area (Å²) in [7, 11) is 0. The molecule has 0 spiro atoms. The molecule has 0 aromatic carbocycles. The van der Waals surface area contributed by atoms with Crippen molar-refractivity contribution in [2.75, 3.05) is 0 Å². The molecule has 0 radical (unpaired) electrons. The first-order chi connectivity index (χ1) is 8.52. The van der Waals surface area contributed by atoms with Crippen LogP contribution < -0.4 is 5.56 Å². The maximum atomic E-state index is 11.7. The lowest BCUT2D eigenvalue weighted by Crippen LogP contribution is -2.23. The van der Waals surface area contributed by atoms with Gasteiger partial charge in [-0.05, 0) is 31.3 Å². The molecule has 82 valence electrons. The Labute approximate surface area is 93.5 Å². The van der Waals surface area contributed by atoms with Crippen LogP contribution in [0.1, 0.15) is 53.4 Å². The monoisotopic (exact) mass is 210 g/mol. The van der Waals surface area contributed by atoms with Gasteiger partial charge in [-0.25, -0.2) is 0 Å². The Bertz CT molecular complexity index is 493. The molecule has 3 nitrogen and oxygen atoms in total. The van der Waals surface area contributed by atoms with Crippen LogP contribution in [0, 0.1) is 6.88 Å². The van der Waals surface area contributed by atoms with Crippen LogP contribution in [0.5, 0.6) is 0 Å². The summed E-state index contributed by atoms with van der Waals surface area (Å²) in [6.07, 6.45) is 5.08. The second-order valence-electron chi connectivity index (χ2n) is 4.10. The molecule has 0 atom stereocenters. The van der Waals surface area contributed by atoms with E-state index in [9.17, 15) is 10.0 Å². The number of aryl methyl sites for hydroxylation is 1. The van der Waals surface area contributed by atoms with Gasteiger partial charge >= 0.3 is 0 Å². The molecule has 2 rings (SSSR count). The fourth-order valence-corrected chi connectivity index (χ4v) is 2.24. The fourth-order valence-electron chi connectivity index (χ4n) is 2.24. The van der Waals surface area contributed by atoms with E-state index in [1.54, 1.807) is 0 Å². The van der Waals surface area contributed by atoms with E-state index in [4.69, 9.17) is 4.11 Å². The number of aromatic nitrogens is 1. The first-order valence-electron chi connectivity index (χ1n) is 6.98. The average molecular weight is 210 g/mol. The first kappa shape index (κ1) is 7.09. The normalized spacial score (nSPS) is 21.0. The molecule has 15 heavy (non-hydrogen) atoms. The minimum absolute atomic E-state index is 0.0749. The number of hydrogen-bond acceptors (Lipinski definition) is 2. The Hall–Kier alpha value is -1.25. The molecule has 1 aromatic heterocycles. The van der Waals surface area contributed by atoms with Crippen LogP contribution in [-0.4, -0.2) is 9.94 Å². The highest BCUT2D eigenvalue weighted by atomic mass is 16.5. The largest absolute Gasteiger partial charge is 0.425 e. The summed E-state index contributed by atoms with van der Waals surface area (Å²) in [5.74, 6) is 0.0922. The molecule has 1 aliphatic rings. The Balaban J connectivity index is 2.49. The number of rotatable bonds is 1. The summed E-state index contributed by atoms with van der Waals surface area (Å²) in [5, 5.41) is 9.80. The van der Waals surface area contributed by atoms with Gasteiger partial charge in [-0.1, -0.05) is 19.3 Å². The average Bonchev–Trinajstić information content (AvgIpc) is 2.37. The summed E-state index contributed by atoms with van der Waals surface area (Å²) >= 11 is 0. The van der Waals surface area contributed by atoms with Gasteiger partial charge in [0, 0.05) is 14.7 Å². The molecular formula is C12H17NO2. The maximum absolute atomic E-state index is 11.7. The zero-order valence-corrected chi connectivity index (χ0v) is 8.57. The molecule has 0 aliphatic heterocycles. The van der Waals surface area contributed by atoms with Gasteiger partial charge in [0.25, 0.3) is 5.56 Å². The Morgan fingerprint density at radius 1 is 1.53 bits per heavy atom. The fraction of sp³-hybridized carbons (Fsp3) is 0.583. The summed E-state index contributed by atoms with van der Waals surface area (Å²) in [5.41, 5.74) is -0.293. The van der Waals surface area contributed by atoms with Crippen molar-refractivity contribution in [1.82, 2.24) is 4.73 Å². The number of hydrogen-bond donors (Lipinski definition) is 1. The van der Waals surface area contributed by atoms with Gasteiger partial charge in [0.15, 0.2) is 0 Å². The van der Waals surface area contributed by atoms with Crippen LogP contribution in [0.25, 0.3) is 0 Å². The predicted octanol–water partition coefficient (Wildman–Crippen LogP) is 2.44. The van der Waals surface area contributed by atoms with Crippen LogP contribution in [0.2, 0.25) is 0 Å². The highest BCUT2D eigenvalue weighted by Crippen LogP contribution is 2.31. The SMILES string of the molecule is [2H]c1c(C([2H])[2H])cc(C2CCCCC2)n(O)c1=O. The summed E-state index contributed by atoms with van der Waals surface area (Å²) in [6, 6.07) is 1.02. The van der Waals surface area contributed by atoms with Crippen molar-refractivity contribution < 1.29 is 9.32 Å². The zero-order chi connectivity index (χ0) is 13.3. The molecule has 1 aliphatic carbocycles. The lowest BCUT2D eigenvalue weighted by atomic mass is 9.86. The van der Waals surface area contributed by atoms with Crippen molar-refractivity contribution in [2.24, 2.45) is 0 Å². The minimum Gasteiger partial charge on any atom is -0.425 e. The third-order valence-electron chi connectivity index (χ3n) is 3.02. The van der Waals surface area contributed by atoms with Gasteiger partial charge in [-0.15, -0.1) is 0 Å². The molecule has 0 bridgehead atoms. The van der Waals surface area contributed by atoms with E-state index in [2.05, 4.69) is 0 Å². The van der Waals surface area contributed by atoms with Crippen molar-refractivity contribution in [3.63, 3.8) is 0 Å². The lowest BCUT2D eigenvalue weighted by molar-refractivity contribution is 0.156. The maximum Gasteiger partial charge on any atom is 0.283 e. The molecular weight excluding hydrogens is 190 g/mol. The molecule has 1 aromatic rings. The second-order valence-corrected chi connectivity index (χ2v) is 4.10. The van der Waals surface area contributed by atoms with Crippen LogP contribution in [0.4, 0.5) is 0 Å². The molecule has 1 heterocycles. The Kier molecular flexibility index (Phi) is 1.93. The van der Waals surface area contributed by atoms with Crippen LogP contribution >= 0.6 is 0 Å². The summed E-state index contributed by atoms with van der Waals surface area (Å²) in [6.45, 7) is -1.37. The first-order valence-corrected chi connectivity index (χ1v) is 5.32. The van der Waals surface area contributed by atoms with E-state index in [-0.39, 0.29) is 11.5 Å². The van der Waals surface area contributed by atoms with Gasteiger partial charge < -0.3 is 5.21 Å². The van der Waals surface area contributed by atoms with Crippen LogP contribution in [0.15, 0.2) is 16.9 Å². The van der Waals surface area contributed by atoms with Crippen molar-refractivity contribution in [2.45, 2.75) is 44.9 Å². The topological polar surface area (TPSA) is 42.2 Å². The van der Waals surface area contributed by atoms with E-state index >= 15 is 0 Å². The summed E-state index contributed by atoms with van der Waals surface area (Å²) in [4.78, 5) is 11.7. The number of pyridine rings is 1. The van der Waals surface area contributed by atoms with E-state index in [1.165, 1.54) is 6.07 Å². The van der Waals surface area contributed by atoms with Gasteiger partial charge in [0.05, 0.1) is 7.06 Å². The second kappa shape index (κ2) is 4.09. The molecule has 1 N–H and O–H groups in total. The Morgan fingerprint density at radius 3 is 2.93 bits per heavy atom. The van der Waals surface area contributed by atoms with Crippen molar-refractivity contribution >= 4 is 0 Å². The molecule has 0 unspecified atom stereocenters. The van der Waals surface area contributed by atoms with E-state index in [0.29, 0.717) is 10.4 Å². The van der Waals surface area contributed by atoms with Crippen molar-refractivity contribution in [3.05, 3.63) is 33.7 Å². The molecule has 1 saturated carbocycles. The molecule has 1 fully saturated rings. The lowest BCUT2D eigenvalue weighted by Gasteiger charge is -2.22. The van der Waals surface area contributed by atoms with Crippen molar-refractivity contribution in [1.29, 1.82) is 0 Å². The molecule has 0 amide bonds. The molecule has 3 heteroatoms. The Morgan fingerprint density at radius 2 is 2.27 bits per heavy atom. The van der Waals surface area contributed by atoms with E-state index in [1.807, 2.05) is 0 Å². The van der Waals surface area contributed by atoms with Crippen molar-refractivity contribution in [3.8, 4) is 0 Å². The van der Waals surface area contributed by atoms with Crippen LogP contribution in [-0.2, 0) is 0 Å². The van der Waals surface area contributed by atoms with Gasteiger partial charge in [0.1, 0.15) is 0 Å². The third-order valence-corrected chi connectivity index (χ3v) is 3.02. The predicted molar refractivity (Wildman–Crippen MR) is 58.4 cm³/mol. The highest BCUT2D eigenvalue weighted by Gasteiger charge is 2.19. The zero-order valence-electron chi connectivity index (χ0n) is 11.6. The van der Waals surface area contributed by atoms with E-state index < -0.39 is 18.5 Å². The van der Waals surface area contributed by atoms with Crippen LogP contribution in [0.3, 0.4) is 0 Å². The number of nitrogens with zero attached hydrogens (tertiary/aromatic N) is 1. The van der Waals surface area contributed by atoms with Gasteiger partial charge in [-0.2, -0.15) is 4.73 Å². The van der Waals surface area contributed by atoms with E-state index in [0.717, 1.165) is 32.1 Å². The third kappa shape index (κ3) is 2.06. The standard InChI is InChI=1S/C12H17NO2/c1-9-7-11(13(15)12(14)8-9)10-5-3-2-4-6-10/h7-8,10,15H,2-6H2,1H3/i1D2,8D. The highest BCUT2D eigenvalue weighted by molar-refractivity contribution is 5.19. The quantitative estimate of drug-likeness (QED) is 0.723. The molecule has 0 saturated heterocycles. The smallest absolute Gasteiger partial charge is 0.283 e. The van der Waals surface area contributed by atoms with Gasteiger partial charge in [-0.3, -0.25) is 4.79 Å².